The fraction of sp³-hybridized carbons (Fsp3) is 0.217. The Morgan fingerprint density at radius 1 is 1.00 bits per heavy atom. The molecule has 2 fully saturated rings. The number of ketones is 1. The first-order valence-corrected chi connectivity index (χ1v) is 10.2. The van der Waals surface area contributed by atoms with E-state index in [0.717, 1.165) is 0 Å². The fourth-order valence-electron chi connectivity index (χ4n) is 4.61. The van der Waals surface area contributed by atoms with Gasteiger partial charge in [0.2, 0.25) is 11.8 Å². The Balaban J connectivity index is 1.55. The van der Waals surface area contributed by atoms with Crippen molar-refractivity contribution >= 4 is 41.1 Å². The highest BCUT2D eigenvalue weighted by Gasteiger charge is 2.64. The van der Waals surface area contributed by atoms with Crippen LogP contribution in [-0.2, 0) is 9.59 Å². The highest BCUT2D eigenvalue weighted by molar-refractivity contribution is 6.31. The lowest BCUT2D eigenvalue weighted by atomic mass is 9.86. The van der Waals surface area contributed by atoms with Crippen molar-refractivity contribution in [1.29, 1.82) is 0 Å². The number of Topliss-reactive ketones (excluding diaryl/α,β-unsaturated/α-hetero) is 1. The van der Waals surface area contributed by atoms with E-state index in [9.17, 15) is 14.4 Å². The second-order valence-corrected chi connectivity index (χ2v) is 8.03. The van der Waals surface area contributed by atoms with E-state index in [1.807, 2.05) is 6.08 Å². The molecule has 0 bridgehead atoms. The molecule has 0 unspecified atom stereocenters. The third-order valence-electron chi connectivity index (χ3n) is 6.02. The first kappa shape index (κ1) is 19.5. The van der Waals surface area contributed by atoms with Crippen molar-refractivity contribution in [3.63, 3.8) is 0 Å². The van der Waals surface area contributed by atoms with Gasteiger partial charge in [0.1, 0.15) is 11.8 Å². The zero-order chi connectivity index (χ0) is 21.7. The first-order valence-electron chi connectivity index (χ1n) is 9.82. The van der Waals surface area contributed by atoms with Crippen LogP contribution in [0.4, 0.5) is 5.69 Å². The second kappa shape index (κ2) is 7.35. The number of ether oxygens (including phenoxy) is 1. The van der Waals surface area contributed by atoms with Gasteiger partial charge in [-0.3, -0.25) is 19.4 Å². The predicted molar refractivity (Wildman–Crippen MR) is 115 cm³/mol. The van der Waals surface area contributed by atoms with E-state index >= 15 is 0 Å². The summed E-state index contributed by atoms with van der Waals surface area (Å²) in [6.07, 6.45) is 5.13. The molecule has 156 valence electrons. The number of hydrazone groups is 1. The van der Waals surface area contributed by atoms with Gasteiger partial charge >= 0.3 is 0 Å². The zero-order valence-corrected chi connectivity index (χ0v) is 17.3. The third kappa shape index (κ3) is 2.96. The molecule has 0 N–H and O–H groups in total. The van der Waals surface area contributed by atoms with Gasteiger partial charge in [0, 0.05) is 16.8 Å². The van der Waals surface area contributed by atoms with Crippen LogP contribution in [0.1, 0.15) is 10.4 Å². The van der Waals surface area contributed by atoms with Gasteiger partial charge in [0.15, 0.2) is 5.78 Å². The summed E-state index contributed by atoms with van der Waals surface area (Å²) in [5.41, 5.74) is 0.874. The lowest BCUT2D eigenvalue weighted by molar-refractivity contribution is -0.123. The Morgan fingerprint density at radius 2 is 1.68 bits per heavy atom. The number of fused-ring (bicyclic) bond motifs is 3. The molecular weight excluding hydrogens is 418 g/mol. The summed E-state index contributed by atoms with van der Waals surface area (Å²) in [7, 11) is 1.55. The molecule has 0 aliphatic carbocycles. The lowest BCUT2D eigenvalue weighted by Gasteiger charge is -2.30. The van der Waals surface area contributed by atoms with Gasteiger partial charge in [-0.25, -0.2) is 4.90 Å². The van der Waals surface area contributed by atoms with Crippen molar-refractivity contribution in [2.45, 2.75) is 12.1 Å². The Morgan fingerprint density at radius 3 is 2.35 bits per heavy atom. The molecule has 4 atom stereocenters. The van der Waals surface area contributed by atoms with E-state index in [4.69, 9.17) is 16.3 Å². The summed E-state index contributed by atoms with van der Waals surface area (Å²) in [5.74, 6) is -1.89. The number of allylic oxidation sites excluding steroid dienone is 1. The van der Waals surface area contributed by atoms with Gasteiger partial charge in [0.05, 0.1) is 30.7 Å². The van der Waals surface area contributed by atoms with E-state index < -0.39 is 29.8 Å². The Bertz CT molecular complexity index is 1130. The van der Waals surface area contributed by atoms with E-state index in [-0.39, 0.29) is 11.7 Å². The zero-order valence-electron chi connectivity index (χ0n) is 16.5. The molecule has 31 heavy (non-hydrogen) atoms. The first-order chi connectivity index (χ1) is 15.0. The average molecular weight is 436 g/mol. The van der Waals surface area contributed by atoms with Gasteiger partial charge in [-0.2, -0.15) is 5.10 Å². The third-order valence-corrected chi connectivity index (χ3v) is 6.27. The quantitative estimate of drug-likeness (QED) is 0.545. The van der Waals surface area contributed by atoms with Crippen molar-refractivity contribution < 1.29 is 19.1 Å². The van der Waals surface area contributed by atoms with E-state index in [1.54, 1.807) is 72.9 Å². The van der Waals surface area contributed by atoms with Crippen molar-refractivity contribution in [2.75, 3.05) is 12.0 Å². The standard InChI is InChI=1S/C23H18ClN3O4/c1-31-16-10-4-13(5-11-16)21(28)20-19-18(17-3-2-12-25-27(17)20)22(29)26(23(19)30)15-8-6-14(24)7-9-15/h2-12,17-20H,1H3/t17-,18-,19+,20-/m1/s1. The summed E-state index contributed by atoms with van der Waals surface area (Å²) in [6.45, 7) is 0. The summed E-state index contributed by atoms with van der Waals surface area (Å²) in [5, 5.41) is 6.45. The van der Waals surface area contributed by atoms with Crippen LogP contribution in [0.3, 0.4) is 0 Å². The monoisotopic (exact) mass is 435 g/mol. The lowest BCUT2D eigenvalue weighted by Crippen LogP contribution is -2.46. The summed E-state index contributed by atoms with van der Waals surface area (Å²) < 4.78 is 5.16. The number of benzene rings is 2. The number of methoxy groups -OCH3 is 1. The maximum atomic E-state index is 13.5. The van der Waals surface area contributed by atoms with Crippen LogP contribution < -0.4 is 9.64 Å². The van der Waals surface area contributed by atoms with Crippen LogP contribution in [0.15, 0.2) is 65.8 Å². The van der Waals surface area contributed by atoms with E-state index in [2.05, 4.69) is 5.10 Å². The summed E-state index contributed by atoms with van der Waals surface area (Å²) >= 11 is 5.96. The van der Waals surface area contributed by atoms with Crippen LogP contribution in [0.2, 0.25) is 5.02 Å². The minimum Gasteiger partial charge on any atom is -0.497 e. The molecule has 8 heteroatoms. The number of hydrogen-bond donors (Lipinski definition) is 0. The van der Waals surface area contributed by atoms with Crippen LogP contribution in [0, 0.1) is 11.8 Å². The van der Waals surface area contributed by atoms with Gasteiger partial charge in [-0.05, 0) is 54.6 Å². The number of anilines is 1. The maximum Gasteiger partial charge on any atom is 0.240 e. The number of imide groups is 1. The number of carbonyl (C=O) groups is 3. The van der Waals surface area contributed by atoms with Crippen LogP contribution in [0.5, 0.6) is 5.75 Å². The molecule has 0 radical (unpaired) electrons. The Labute approximate surface area is 183 Å². The molecule has 3 aliphatic heterocycles. The summed E-state index contributed by atoms with van der Waals surface area (Å²) in [6, 6.07) is 11.9. The largest absolute Gasteiger partial charge is 0.497 e. The number of rotatable bonds is 4. The van der Waals surface area contributed by atoms with Gasteiger partial charge in [0.25, 0.3) is 0 Å². The minimum atomic E-state index is -0.877. The van der Waals surface area contributed by atoms with Crippen molar-refractivity contribution in [2.24, 2.45) is 16.9 Å². The topological polar surface area (TPSA) is 79.3 Å². The highest BCUT2D eigenvalue weighted by atomic mass is 35.5. The molecule has 0 aromatic heterocycles. The molecule has 2 amide bonds. The van der Waals surface area contributed by atoms with Gasteiger partial charge < -0.3 is 4.74 Å². The van der Waals surface area contributed by atoms with Gasteiger partial charge in [-0.1, -0.05) is 17.7 Å². The molecule has 0 saturated carbocycles. The number of nitrogens with zero attached hydrogens (tertiary/aromatic N) is 3. The second-order valence-electron chi connectivity index (χ2n) is 7.60. The Kier molecular flexibility index (Phi) is 4.63. The molecule has 7 nitrogen and oxygen atoms in total. The number of amides is 2. The van der Waals surface area contributed by atoms with Gasteiger partial charge in [-0.15, -0.1) is 0 Å². The molecule has 3 aliphatic rings. The van der Waals surface area contributed by atoms with Crippen molar-refractivity contribution in [3.8, 4) is 5.75 Å². The predicted octanol–water partition coefficient (Wildman–Crippen LogP) is 2.95. The Hall–Kier alpha value is -3.45. The van der Waals surface area contributed by atoms with Crippen LogP contribution in [0.25, 0.3) is 0 Å². The molecule has 3 heterocycles. The van der Waals surface area contributed by atoms with E-state index in [1.165, 1.54) is 4.90 Å². The SMILES string of the molecule is COc1ccc(C(=O)[C@H]2[C@H]3C(=O)N(c4ccc(Cl)cc4)C(=O)[C@@H]3[C@H]3C=CC=NN32)cc1. The molecule has 2 saturated heterocycles. The molecule has 2 aromatic carbocycles. The molecule has 0 spiro atoms. The average Bonchev–Trinajstić information content (AvgIpc) is 3.27. The summed E-state index contributed by atoms with van der Waals surface area (Å²) in [4.78, 5) is 41.5. The minimum absolute atomic E-state index is 0.258. The van der Waals surface area contributed by atoms with E-state index in [0.29, 0.717) is 22.0 Å². The van der Waals surface area contributed by atoms with Crippen molar-refractivity contribution in [1.82, 2.24) is 5.01 Å². The fourth-order valence-corrected chi connectivity index (χ4v) is 4.73. The maximum absolute atomic E-state index is 13.5. The molecular formula is C23H18ClN3O4. The number of hydrogen-bond acceptors (Lipinski definition) is 6. The van der Waals surface area contributed by atoms with Crippen LogP contribution in [-0.4, -0.2) is 48.0 Å². The highest BCUT2D eigenvalue weighted by Crippen LogP contribution is 2.46. The smallest absolute Gasteiger partial charge is 0.240 e. The number of halogens is 1. The number of carbonyl (C=O) groups excluding carboxylic acids is 3. The molecule has 5 rings (SSSR count). The van der Waals surface area contributed by atoms with Crippen molar-refractivity contribution in [3.05, 3.63) is 71.3 Å². The molecule has 2 aromatic rings. The normalized spacial score (nSPS) is 26.3. The van der Waals surface area contributed by atoms with Crippen LogP contribution >= 0.6 is 11.6 Å².